The summed E-state index contributed by atoms with van der Waals surface area (Å²) in [6, 6.07) is 19.5. The van der Waals surface area contributed by atoms with Crippen molar-refractivity contribution in [3.63, 3.8) is 0 Å². The zero-order valence-electron chi connectivity index (χ0n) is 66.8. The first-order valence-corrected chi connectivity index (χ1v) is 46.8. The van der Waals surface area contributed by atoms with Crippen molar-refractivity contribution in [2.75, 3.05) is 0 Å². The maximum absolute atomic E-state index is 12.7. The maximum atomic E-state index is 12.7. The van der Waals surface area contributed by atoms with E-state index < -0.39 is 20.2 Å². The molecule has 4 aromatic carbocycles. The predicted molar refractivity (Wildman–Crippen MR) is 443 cm³/mol. The molecule has 0 radical (unpaired) electrons. The topological polar surface area (TPSA) is 114 Å². The normalized spacial score (nSPS) is 11.9. The Morgan fingerprint density at radius 2 is 0.386 bits per heavy atom. The molecule has 6 nitrogen and oxygen atoms in total. The molecule has 0 fully saturated rings. The molecule has 576 valence electrons. The van der Waals surface area contributed by atoms with E-state index in [4.69, 9.17) is 0 Å². The fraction of sp³-hybridized carbons (Fsp3) is 0.783. The molecule has 0 atom stereocenters. The van der Waals surface area contributed by atoms with Crippen molar-refractivity contribution in [3.8, 4) is 0 Å². The van der Waals surface area contributed by atoms with Gasteiger partial charge in [0.15, 0.2) is 0 Å². The molecule has 0 bridgehead atoms. The summed E-state index contributed by atoms with van der Waals surface area (Å²) in [5.74, 6) is 0. The number of hydrogen-bond donors (Lipinski definition) is 0. The first kappa shape index (κ1) is 95.9. The number of aryl methyl sites for hydroxylation is 2. The Balaban J connectivity index is 0.000000680. The molecule has 0 heterocycles. The van der Waals surface area contributed by atoms with Crippen LogP contribution in [0.2, 0.25) is 0 Å². The molecule has 0 aliphatic carbocycles. The molecule has 0 aliphatic rings. The standard InChI is InChI=1S/2C46H80O3S.Ba/c2*1-3-5-7-9-11-13-15-17-19-21-23-25-27-29-31-33-37-42-41-43-38-35-36-40-45(43)46(50(47,48)49)44(42)39-34-32-30-28-26-24-22-20-18-16-14-12-10-8-6-4-2;/h2*35-36,38,40-41H,3-34,37,39H2,1-2H3,(H,47,48,49);/q;;+2/p-2. The Bertz CT molecular complexity index is 2570. The summed E-state index contributed by atoms with van der Waals surface area (Å²) in [4.78, 5) is 0.117. The van der Waals surface area contributed by atoms with Gasteiger partial charge in [-0.15, -0.1) is 0 Å². The molecule has 0 amide bonds. The van der Waals surface area contributed by atoms with Crippen LogP contribution in [0, 0.1) is 0 Å². The van der Waals surface area contributed by atoms with Gasteiger partial charge in [0, 0.05) is 0 Å². The zero-order valence-corrected chi connectivity index (χ0v) is 72.9. The quantitative estimate of drug-likeness (QED) is 0.0247. The van der Waals surface area contributed by atoms with Crippen molar-refractivity contribution < 1.29 is 25.9 Å². The first-order valence-electron chi connectivity index (χ1n) is 44.0. The van der Waals surface area contributed by atoms with Crippen LogP contribution in [0.5, 0.6) is 0 Å². The summed E-state index contributed by atoms with van der Waals surface area (Å²) in [5.41, 5.74) is 3.80. The van der Waals surface area contributed by atoms with E-state index in [0.717, 1.165) is 84.4 Å². The maximum Gasteiger partial charge on any atom is 2.00 e. The van der Waals surface area contributed by atoms with Gasteiger partial charge in [-0.3, -0.25) is 0 Å². The van der Waals surface area contributed by atoms with Crippen LogP contribution in [-0.2, 0) is 45.9 Å². The number of hydrogen-bond acceptors (Lipinski definition) is 6. The van der Waals surface area contributed by atoms with E-state index in [1.807, 2.05) is 48.5 Å². The van der Waals surface area contributed by atoms with E-state index in [1.165, 1.54) is 372 Å². The smallest absolute Gasteiger partial charge is 0.744 e. The molecule has 0 saturated carbocycles. The van der Waals surface area contributed by atoms with Crippen molar-refractivity contribution in [2.45, 2.75) is 474 Å². The Hall–Kier alpha value is -1.21. The van der Waals surface area contributed by atoms with E-state index in [2.05, 4.69) is 39.8 Å². The summed E-state index contributed by atoms with van der Waals surface area (Å²) in [5, 5.41) is 2.96. The van der Waals surface area contributed by atoms with Crippen LogP contribution in [0.1, 0.15) is 461 Å². The molecule has 0 saturated heterocycles. The van der Waals surface area contributed by atoms with Crippen LogP contribution in [0.3, 0.4) is 0 Å². The van der Waals surface area contributed by atoms with E-state index in [1.54, 1.807) is 0 Å². The summed E-state index contributed by atoms with van der Waals surface area (Å²) >= 11 is 0. The summed E-state index contributed by atoms with van der Waals surface area (Å²) in [6.07, 6.45) is 88.2. The molecular formula is C92H158BaO6S2. The third-order valence-electron chi connectivity index (χ3n) is 22.1. The fourth-order valence-electron chi connectivity index (χ4n) is 15.8. The Kier molecular flexibility index (Phi) is 63.5. The second kappa shape index (κ2) is 67.0. The molecule has 4 aromatic rings. The molecule has 9 heteroatoms. The minimum Gasteiger partial charge on any atom is -0.744 e. The Morgan fingerprint density at radius 3 is 0.564 bits per heavy atom. The third kappa shape index (κ3) is 49.5. The van der Waals surface area contributed by atoms with Gasteiger partial charge in [0.05, 0.1) is 9.79 Å². The predicted octanol–water partition coefficient (Wildman–Crippen LogP) is 30.3. The van der Waals surface area contributed by atoms with Gasteiger partial charge in [-0.25, -0.2) is 16.8 Å². The molecule has 4 rings (SSSR count). The first-order chi connectivity index (χ1) is 49.0. The molecule has 101 heavy (non-hydrogen) atoms. The van der Waals surface area contributed by atoms with Crippen LogP contribution in [0.25, 0.3) is 21.5 Å². The summed E-state index contributed by atoms with van der Waals surface area (Å²) in [6.45, 7) is 9.13. The van der Waals surface area contributed by atoms with E-state index in [9.17, 15) is 25.9 Å². The van der Waals surface area contributed by atoms with Crippen molar-refractivity contribution in [2.24, 2.45) is 0 Å². The van der Waals surface area contributed by atoms with E-state index in [-0.39, 0.29) is 58.7 Å². The zero-order chi connectivity index (χ0) is 71.9. The minimum atomic E-state index is -4.57. The van der Waals surface area contributed by atoms with Crippen LogP contribution in [-0.4, -0.2) is 74.8 Å². The third-order valence-corrected chi connectivity index (χ3v) is 24.0. The number of unbranched alkanes of at least 4 members (excludes halogenated alkanes) is 60. The van der Waals surface area contributed by atoms with E-state index >= 15 is 0 Å². The minimum absolute atomic E-state index is 0. The van der Waals surface area contributed by atoms with Gasteiger partial charge in [-0.1, -0.05) is 474 Å². The van der Waals surface area contributed by atoms with Gasteiger partial charge in [0.2, 0.25) is 0 Å². The second-order valence-electron chi connectivity index (χ2n) is 31.3. The van der Waals surface area contributed by atoms with Crippen LogP contribution in [0.15, 0.2) is 70.5 Å². The molecule has 0 aliphatic heterocycles. The van der Waals surface area contributed by atoms with Gasteiger partial charge in [-0.2, -0.15) is 0 Å². The molecule has 0 aromatic heterocycles. The summed E-state index contributed by atoms with van der Waals surface area (Å²) < 4.78 is 76.0. The van der Waals surface area contributed by atoms with Crippen molar-refractivity contribution in [1.82, 2.24) is 0 Å². The van der Waals surface area contributed by atoms with Crippen molar-refractivity contribution in [3.05, 3.63) is 82.9 Å². The van der Waals surface area contributed by atoms with E-state index in [0.29, 0.717) is 23.6 Å². The Labute approximate surface area is 667 Å². The van der Waals surface area contributed by atoms with Gasteiger partial charge in [0.25, 0.3) is 0 Å². The molecular weight excluding hydrogens is 1400 g/mol. The van der Waals surface area contributed by atoms with Crippen LogP contribution >= 0.6 is 0 Å². The van der Waals surface area contributed by atoms with Gasteiger partial charge in [-0.05, 0) is 95.2 Å². The van der Waals surface area contributed by atoms with Crippen LogP contribution < -0.4 is 0 Å². The Morgan fingerprint density at radius 1 is 0.228 bits per heavy atom. The average molecular weight is 1560 g/mol. The second-order valence-corrected chi connectivity index (χ2v) is 33.9. The largest absolute Gasteiger partial charge is 2.00 e. The average Bonchev–Trinajstić information content (AvgIpc) is 0.774. The molecule has 0 N–H and O–H groups in total. The SMILES string of the molecule is CCCCCCCCCCCCCCCCCCc1cc2ccccc2c(S(=O)(=O)[O-])c1CCCCCCCCCCCCCCCCCC.CCCCCCCCCCCCCCCCCCc1cc2ccccc2c(S(=O)(=O)[O-])c1CCCCCCCCCCCCCCCCCC.[Ba+2]. The number of rotatable bonds is 70. The van der Waals surface area contributed by atoms with Gasteiger partial charge >= 0.3 is 48.9 Å². The number of benzene rings is 4. The molecule has 0 unspecified atom stereocenters. The molecule has 0 spiro atoms. The van der Waals surface area contributed by atoms with Crippen molar-refractivity contribution in [1.29, 1.82) is 0 Å². The fourth-order valence-corrected chi connectivity index (χ4v) is 17.8. The van der Waals surface area contributed by atoms with Crippen LogP contribution in [0.4, 0.5) is 0 Å². The number of fused-ring (bicyclic) bond motifs is 2. The van der Waals surface area contributed by atoms with Gasteiger partial charge in [0.1, 0.15) is 20.2 Å². The van der Waals surface area contributed by atoms with Crippen molar-refractivity contribution >= 4 is 90.7 Å². The summed E-state index contributed by atoms with van der Waals surface area (Å²) in [7, 11) is -9.13. The monoisotopic (exact) mass is 1560 g/mol. The van der Waals surface area contributed by atoms with Gasteiger partial charge < -0.3 is 9.11 Å².